The Labute approximate surface area is 189 Å². The fraction of sp³-hybridized carbons (Fsp3) is 0.429. The molecule has 3 heterocycles. The third-order valence-electron chi connectivity index (χ3n) is 5.22. The smallest absolute Gasteiger partial charge is 0.238 e. The Hall–Kier alpha value is -1.90. The summed E-state index contributed by atoms with van der Waals surface area (Å²) in [4.78, 5) is 18.1. The Morgan fingerprint density at radius 1 is 1.30 bits per heavy atom. The number of anilines is 1. The van der Waals surface area contributed by atoms with E-state index in [9.17, 15) is 4.79 Å². The van der Waals surface area contributed by atoms with E-state index in [1.54, 1.807) is 23.5 Å². The molecule has 1 fully saturated rings. The minimum Gasteiger partial charge on any atom is -0.310 e. The molecule has 0 bridgehead atoms. The number of pyridine rings is 1. The number of thioether (sulfide) groups is 1. The van der Waals surface area contributed by atoms with Crippen molar-refractivity contribution in [2.45, 2.75) is 61.9 Å². The number of carbonyl (C=O) groups is 1. The number of nitrogens with one attached hydrogen (secondary N) is 1. The first-order chi connectivity index (χ1) is 14.6. The fourth-order valence-corrected chi connectivity index (χ4v) is 5.42. The van der Waals surface area contributed by atoms with E-state index < -0.39 is 0 Å². The zero-order chi connectivity index (χ0) is 20.9. The van der Waals surface area contributed by atoms with Crippen molar-refractivity contribution in [1.82, 2.24) is 19.7 Å². The van der Waals surface area contributed by atoms with Crippen LogP contribution in [-0.2, 0) is 11.2 Å². The molecule has 0 radical (unpaired) electrons. The maximum absolute atomic E-state index is 12.7. The van der Waals surface area contributed by atoms with Gasteiger partial charge in [-0.1, -0.05) is 48.7 Å². The molecule has 1 aliphatic rings. The second-order valence-corrected chi connectivity index (χ2v) is 10.2. The van der Waals surface area contributed by atoms with Crippen molar-refractivity contribution in [3.63, 3.8) is 0 Å². The summed E-state index contributed by atoms with van der Waals surface area (Å²) in [6.45, 7) is 1.88. The number of aromatic nitrogens is 4. The van der Waals surface area contributed by atoms with Gasteiger partial charge in [-0.3, -0.25) is 4.79 Å². The monoisotopic (exact) mass is 461 g/mol. The largest absolute Gasteiger partial charge is 0.310 e. The Morgan fingerprint density at radius 2 is 2.13 bits per heavy atom. The second kappa shape index (κ2) is 9.94. The van der Waals surface area contributed by atoms with Crippen LogP contribution in [0.1, 0.15) is 55.8 Å². The van der Waals surface area contributed by atoms with Crippen molar-refractivity contribution in [2.75, 3.05) is 5.32 Å². The number of hydrogen-bond donors (Lipinski definition) is 1. The Balaban J connectivity index is 1.51. The third-order valence-corrected chi connectivity index (χ3v) is 7.37. The predicted octanol–water partition coefficient (Wildman–Crippen LogP) is 5.60. The highest BCUT2D eigenvalue weighted by Crippen LogP contribution is 2.34. The van der Waals surface area contributed by atoms with E-state index in [1.165, 1.54) is 42.1 Å². The topological polar surface area (TPSA) is 72.7 Å². The highest BCUT2D eigenvalue weighted by atomic mass is 35.5. The van der Waals surface area contributed by atoms with Gasteiger partial charge in [0, 0.05) is 23.5 Å². The number of halogens is 1. The van der Waals surface area contributed by atoms with Crippen molar-refractivity contribution in [3.8, 4) is 0 Å². The zero-order valence-corrected chi connectivity index (χ0v) is 19.1. The summed E-state index contributed by atoms with van der Waals surface area (Å²) in [6.07, 6.45) is 8.31. The Morgan fingerprint density at radius 3 is 2.83 bits per heavy atom. The summed E-state index contributed by atoms with van der Waals surface area (Å²) in [7, 11) is 0. The Bertz CT molecular complexity index is 968. The van der Waals surface area contributed by atoms with Crippen LogP contribution in [0.2, 0.25) is 5.02 Å². The summed E-state index contributed by atoms with van der Waals surface area (Å²) >= 11 is 9.06. The standard InChI is InChI=1S/C21H24ClN5OS2/c1-14(20(28)24-18-10-9-15(22)13-23-18)30-21-26-25-19(12-17-8-5-11-29-17)27(21)16-6-3-2-4-7-16/h5,8-11,13-14,16H,2-4,6-7,12H2,1H3,(H,23,24,28)/t14-/m1/s1. The first kappa shape index (κ1) is 21.3. The van der Waals surface area contributed by atoms with Gasteiger partial charge >= 0.3 is 0 Å². The van der Waals surface area contributed by atoms with Crippen LogP contribution in [0.25, 0.3) is 0 Å². The van der Waals surface area contributed by atoms with Gasteiger partial charge in [-0.05, 0) is 43.3 Å². The number of rotatable bonds is 7. The van der Waals surface area contributed by atoms with Crippen LogP contribution in [0.3, 0.4) is 0 Å². The predicted molar refractivity (Wildman–Crippen MR) is 122 cm³/mol. The van der Waals surface area contributed by atoms with Gasteiger partial charge in [0.1, 0.15) is 11.6 Å². The van der Waals surface area contributed by atoms with Crippen LogP contribution in [0.15, 0.2) is 41.0 Å². The van der Waals surface area contributed by atoms with Crippen molar-refractivity contribution in [3.05, 3.63) is 51.6 Å². The van der Waals surface area contributed by atoms with Crippen LogP contribution < -0.4 is 5.32 Å². The van der Waals surface area contributed by atoms with E-state index in [-0.39, 0.29) is 11.2 Å². The van der Waals surface area contributed by atoms with E-state index in [1.807, 2.05) is 6.92 Å². The van der Waals surface area contributed by atoms with E-state index in [2.05, 4.69) is 42.6 Å². The van der Waals surface area contributed by atoms with E-state index in [4.69, 9.17) is 11.6 Å². The lowest BCUT2D eigenvalue weighted by Crippen LogP contribution is -2.24. The quantitative estimate of drug-likeness (QED) is 0.463. The van der Waals surface area contributed by atoms with Gasteiger partial charge in [-0.25, -0.2) is 4.98 Å². The van der Waals surface area contributed by atoms with Gasteiger partial charge in [-0.2, -0.15) is 0 Å². The number of hydrogen-bond acceptors (Lipinski definition) is 6. The molecule has 1 amide bonds. The highest BCUT2D eigenvalue weighted by Gasteiger charge is 2.26. The highest BCUT2D eigenvalue weighted by molar-refractivity contribution is 8.00. The van der Waals surface area contributed by atoms with Gasteiger partial charge in [0.05, 0.1) is 10.3 Å². The summed E-state index contributed by atoms with van der Waals surface area (Å²) in [5.41, 5.74) is 0. The second-order valence-electron chi connectivity index (χ2n) is 7.43. The maximum atomic E-state index is 12.7. The van der Waals surface area contributed by atoms with E-state index in [0.29, 0.717) is 16.9 Å². The van der Waals surface area contributed by atoms with Crippen LogP contribution in [0.5, 0.6) is 0 Å². The lowest BCUT2D eigenvalue weighted by atomic mass is 9.95. The molecule has 1 N–H and O–H groups in total. The molecule has 4 rings (SSSR count). The van der Waals surface area contributed by atoms with Crippen molar-refractivity contribution in [1.29, 1.82) is 0 Å². The van der Waals surface area contributed by atoms with Gasteiger partial charge in [0.15, 0.2) is 5.16 Å². The minimum absolute atomic E-state index is 0.118. The molecule has 3 aromatic heterocycles. The van der Waals surface area contributed by atoms with Gasteiger partial charge in [0.2, 0.25) is 5.91 Å². The molecule has 0 unspecified atom stereocenters. The van der Waals surface area contributed by atoms with Crippen LogP contribution in [0, 0.1) is 0 Å². The van der Waals surface area contributed by atoms with Crippen molar-refractivity contribution in [2.24, 2.45) is 0 Å². The molecule has 1 saturated carbocycles. The molecule has 0 saturated heterocycles. The molecule has 9 heteroatoms. The summed E-state index contributed by atoms with van der Waals surface area (Å²) in [5.74, 6) is 1.36. The lowest BCUT2D eigenvalue weighted by Gasteiger charge is -2.26. The lowest BCUT2D eigenvalue weighted by molar-refractivity contribution is -0.115. The molecule has 1 aliphatic carbocycles. The van der Waals surface area contributed by atoms with Gasteiger partial charge in [0.25, 0.3) is 0 Å². The number of carbonyl (C=O) groups excluding carboxylic acids is 1. The average Bonchev–Trinajstić information content (AvgIpc) is 3.41. The van der Waals surface area contributed by atoms with Gasteiger partial charge < -0.3 is 9.88 Å². The molecule has 3 aromatic rings. The summed E-state index contributed by atoms with van der Waals surface area (Å²) < 4.78 is 2.29. The minimum atomic E-state index is -0.330. The normalized spacial score (nSPS) is 15.8. The molecule has 6 nitrogen and oxygen atoms in total. The van der Waals surface area contributed by atoms with Gasteiger partial charge in [-0.15, -0.1) is 21.5 Å². The van der Waals surface area contributed by atoms with Crippen molar-refractivity contribution >= 4 is 46.4 Å². The zero-order valence-electron chi connectivity index (χ0n) is 16.8. The fourth-order valence-electron chi connectivity index (χ4n) is 3.67. The molecule has 30 heavy (non-hydrogen) atoms. The molecular formula is C21H24ClN5OS2. The Kier molecular flexibility index (Phi) is 7.07. The molecule has 0 spiro atoms. The van der Waals surface area contributed by atoms with Crippen LogP contribution in [-0.4, -0.2) is 30.9 Å². The number of amides is 1. The van der Waals surface area contributed by atoms with Crippen LogP contribution in [0.4, 0.5) is 5.82 Å². The molecule has 0 aliphatic heterocycles. The maximum Gasteiger partial charge on any atom is 0.238 e. The first-order valence-electron chi connectivity index (χ1n) is 10.2. The molecule has 158 valence electrons. The third kappa shape index (κ3) is 5.22. The average molecular weight is 462 g/mol. The molecular weight excluding hydrogens is 438 g/mol. The van der Waals surface area contributed by atoms with E-state index in [0.717, 1.165) is 30.2 Å². The SMILES string of the molecule is C[C@@H](Sc1nnc(Cc2cccs2)n1C1CCCCC1)C(=O)Nc1ccc(Cl)cn1. The number of nitrogens with zero attached hydrogens (tertiary/aromatic N) is 4. The van der Waals surface area contributed by atoms with E-state index >= 15 is 0 Å². The molecule has 1 atom stereocenters. The summed E-state index contributed by atoms with van der Waals surface area (Å²) in [6, 6.07) is 8.00. The summed E-state index contributed by atoms with van der Waals surface area (Å²) in [5, 5.41) is 15.0. The molecule has 0 aromatic carbocycles. The first-order valence-corrected chi connectivity index (χ1v) is 12.3. The van der Waals surface area contributed by atoms with Crippen LogP contribution >= 0.6 is 34.7 Å². The van der Waals surface area contributed by atoms with Crippen molar-refractivity contribution < 1.29 is 4.79 Å². The number of thiophene rings is 1.